The maximum atomic E-state index is 13.1. The molecule has 0 radical (unpaired) electrons. The maximum absolute atomic E-state index is 13.1. The zero-order valence-electron chi connectivity index (χ0n) is 15.5. The lowest BCUT2D eigenvalue weighted by molar-refractivity contribution is 0.0357. The summed E-state index contributed by atoms with van der Waals surface area (Å²) in [6, 6.07) is 11.0. The van der Waals surface area contributed by atoms with Gasteiger partial charge in [0, 0.05) is 8.95 Å². The molecule has 0 aliphatic heterocycles. The lowest BCUT2D eigenvalue weighted by Gasteiger charge is -2.35. The van der Waals surface area contributed by atoms with E-state index in [1.54, 1.807) is 12.1 Å². The van der Waals surface area contributed by atoms with Gasteiger partial charge in [0.1, 0.15) is 0 Å². The molecule has 138 valence electrons. The predicted octanol–water partition coefficient (Wildman–Crippen LogP) is 5.41. The van der Waals surface area contributed by atoms with E-state index >= 15 is 0 Å². The van der Waals surface area contributed by atoms with Crippen molar-refractivity contribution in [2.45, 2.75) is 40.2 Å². The van der Waals surface area contributed by atoms with Crippen LogP contribution in [0.15, 0.2) is 45.3 Å². The largest absolute Gasteiger partial charge is 0.273 e. The first kappa shape index (κ1) is 20.6. The lowest BCUT2D eigenvalue weighted by atomic mass is 10.1. The summed E-state index contributed by atoms with van der Waals surface area (Å²) >= 11 is 6.86. The van der Waals surface area contributed by atoms with Crippen molar-refractivity contribution < 1.29 is 9.59 Å². The van der Waals surface area contributed by atoms with E-state index in [0.29, 0.717) is 20.1 Å². The third-order valence-electron chi connectivity index (χ3n) is 3.81. The summed E-state index contributed by atoms with van der Waals surface area (Å²) in [6.07, 6.45) is 0. The molecule has 0 heterocycles. The Morgan fingerprint density at radius 1 is 0.885 bits per heavy atom. The molecule has 0 aliphatic carbocycles. The molecule has 4 nitrogen and oxygen atoms in total. The van der Waals surface area contributed by atoms with Crippen LogP contribution in [-0.2, 0) is 0 Å². The van der Waals surface area contributed by atoms with Gasteiger partial charge in [-0.05, 0) is 102 Å². The molecule has 0 atom stereocenters. The molecule has 1 N–H and O–H groups in total. The van der Waals surface area contributed by atoms with Crippen LogP contribution in [0.4, 0.5) is 0 Å². The summed E-state index contributed by atoms with van der Waals surface area (Å²) in [6.45, 7) is 9.52. The Bertz CT molecular complexity index is 857. The first-order chi connectivity index (χ1) is 12.0. The number of carbonyl (C=O) groups excluding carboxylic acids is 2. The Morgan fingerprint density at radius 2 is 1.35 bits per heavy atom. The van der Waals surface area contributed by atoms with Gasteiger partial charge < -0.3 is 0 Å². The zero-order chi connectivity index (χ0) is 19.6. The van der Waals surface area contributed by atoms with Crippen LogP contribution in [0, 0.1) is 13.8 Å². The number of carbonyl (C=O) groups is 2. The Morgan fingerprint density at radius 3 is 1.77 bits per heavy atom. The molecule has 0 aromatic heterocycles. The van der Waals surface area contributed by atoms with Crippen molar-refractivity contribution in [2.75, 3.05) is 0 Å². The third-order valence-corrected chi connectivity index (χ3v) is 5.12. The van der Waals surface area contributed by atoms with Gasteiger partial charge in [0.2, 0.25) is 0 Å². The minimum absolute atomic E-state index is 0.277. The first-order valence-electron chi connectivity index (χ1n) is 8.18. The number of benzene rings is 2. The topological polar surface area (TPSA) is 49.4 Å². The van der Waals surface area contributed by atoms with Gasteiger partial charge in [-0.25, -0.2) is 5.01 Å². The van der Waals surface area contributed by atoms with Gasteiger partial charge in [0.25, 0.3) is 11.8 Å². The summed E-state index contributed by atoms with van der Waals surface area (Å²) in [5.41, 5.74) is 5.22. The van der Waals surface area contributed by atoms with Gasteiger partial charge in [-0.15, -0.1) is 0 Å². The molecular formula is C20H22Br2N2O2. The standard InChI is InChI=1S/C20H22Br2N2O2/c1-12-6-8-14(16(21)10-12)18(25)23-24(20(3,4)5)19(26)15-9-7-13(2)11-17(15)22/h6-11H,1-5H3,(H,23,25). The molecule has 0 fully saturated rings. The van der Waals surface area contributed by atoms with E-state index in [0.717, 1.165) is 11.1 Å². The third kappa shape index (κ3) is 4.74. The fourth-order valence-corrected chi connectivity index (χ4v) is 3.74. The summed E-state index contributed by atoms with van der Waals surface area (Å²) < 4.78 is 1.38. The molecule has 26 heavy (non-hydrogen) atoms. The normalized spacial score (nSPS) is 11.2. The smallest absolute Gasteiger partial charge is 0.267 e. The SMILES string of the molecule is Cc1ccc(C(=O)NN(C(=O)c2ccc(C)cc2Br)C(C)(C)C)c(Br)c1. The van der Waals surface area contributed by atoms with Gasteiger partial charge in [0.15, 0.2) is 0 Å². The van der Waals surface area contributed by atoms with Gasteiger partial charge in [0.05, 0.1) is 16.7 Å². The fourth-order valence-electron chi connectivity index (χ4n) is 2.40. The molecule has 2 rings (SSSR count). The molecule has 0 saturated heterocycles. The minimum atomic E-state index is -0.603. The molecule has 0 bridgehead atoms. The summed E-state index contributed by atoms with van der Waals surface area (Å²) in [5, 5.41) is 1.37. The second-order valence-corrected chi connectivity index (χ2v) is 8.93. The molecule has 2 aromatic rings. The molecule has 0 saturated carbocycles. The number of hydrogen-bond acceptors (Lipinski definition) is 2. The highest BCUT2D eigenvalue weighted by Crippen LogP contribution is 2.24. The fraction of sp³-hybridized carbons (Fsp3) is 0.300. The number of rotatable bonds is 2. The Hall–Kier alpha value is -1.66. The van der Waals surface area contributed by atoms with E-state index in [1.165, 1.54) is 5.01 Å². The van der Waals surface area contributed by atoms with Crippen LogP contribution in [0.25, 0.3) is 0 Å². The Labute approximate surface area is 171 Å². The van der Waals surface area contributed by atoms with E-state index in [2.05, 4.69) is 37.3 Å². The van der Waals surface area contributed by atoms with Crippen LogP contribution in [0.5, 0.6) is 0 Å². The van der Waals surface area contributed by atoms with Crippen molar-refractivity contribution in [1.29, 1.82) is 0 Å². The second kappa shape index (κ2) is 7.92. The van der Waals surface area contributed by atoms with Gasteiger partial charge in [-0.3, -0.25) is 15.0 Å². The molecule has 0 aliphatic rings. The molecule has 2 amide bonds. The molecule has 0 spiro atoms. The van der Waals surface area contributed by atoms with Crippen LogP contribution in [0.3, 0.4) is 0 Å². The van der Waals surface area contributed by atoms with E-state index in [4.69, 9.17) is 0 Å². The van der Waals surface area contributed by atoms with Crippen LogP contribution < -0.4 is 5.43 Å². The predicted molar refractivity (Wildman–Crippen MR) is 111 cm³/mol. The number of halogens is 2. The average molecular weight is 482 g/mol. The number of amides is 2. The highest BCUT2D eigenvalue weighted by atomic mass is 79.9. The van der Waals surface area contributed by atoms with Crippen molar-refractivity contribution in [3.8, 4) is 0 Å². The second-order valence-electron chi connectivity index (χ2n) is 7.22. The average Bonchev–Trinajstić information content (AvgIpc) is 2.50. The number of hydrazine groups is 1. The van der Waals surface area contributed by atoms with Gasteiger partial charge >= 0.3 is 0 Å². The zero-order valence-corrected chi connectivity index (χ0v) is 18.7. The van der Waals surface area contributed by atoms with E-state index in [9.17, 15) is 9.59 Å². The van der Waals surface area contributed by atoms with E-state index < -0.39 is 5.54 Å². The van der Waals surface area contributed by atoms with Gasteiger partial charge in [-0.2, -0.15) is 0 Å². The van der Waals surface area contributed by atoms with Crippen molar-refractivity contribution in [1.82, 2.24) is 10.4 Å². The van der Waals surface area contributed by atoms with Crippen molar-refractivity contribution in [3.05, 3.63) is 67.6 Å². The number of hydrogen-bond donors (Lipinski definition) is 1. The van der Waals surface area contributed by atoms with Crippen LogP contribution >= 0.6 is 31.9 Å². The quantitative estimate of drug-likeness (QED) is 0.582. The Kier molecular flexibility index (Phi) is 6.29. The highest BCUT2D eigenvalue weighted by molar-refractivity contribution is 9.10. The Balaban J connectivity index is 2.36. The van der Waals surface area contributed by atoms with E-state index in [-0.39, 0.29) is 11.8 Å². The van der Waals surface area contributed by atoms with Gasteiger partial charge in [-0.1, -0.05) is 12.1 Å². The van der Waals surface area contributed by atoms with Crippen LogP contribution in [-0.4, -0.2) is 22.4 Å². The first-order valence-corrected chi connectivity index (χ1v) is 9.77. The highest BCUT2D eigenvalue weighted by Gasteiger charge is 2.31. The molecule has 6 heteroatoms. The number of nitrogens with zero attached hydrogens (tertiary/aromatic N) is 1. The summed E-state index contributed by atoms with van der Waals surface area (Å²) in [4.78, 5) is 25.9. The number of aryl methyl sites for hydroxylation is 2. The summed E-state index contributed by atoms with van der Waals surface area (Å²) in [5.74, 6) is -0.621. The van der Waals surface area contributed by atoms with Crippen molar-refractivity contribution in [3.63, 3.8) is 0 Å². The molecular weight excluding hydrogens is 460 g/mol. The summed E-state index contributed by atoms with van der Waals surface area (Å²) in [7, 11) is 0. The van der Waals surface area contributed by atoms with Crippen molar-refractivity contribution >= 4 is 43.7 Å². The lowest BCUT2D eigenvalue weighted by Crippen LogP contribution is -2.56. The van der Waals surface area contributed by atoms with Crippen LogP contribution in [0.2, 0.25) is 0 Å². The van der Waals surface area contributed by atoms with Crippen molar-refractivity contribution in [2.24, 2.45) is 0 Å². The maximum Gasteiger partial charge on any atom is 0.273 e. The van der Waals surface area contributed by atoms with Crippen LogP contribution in [0.1, 0.15) is 52.6 Å². The molecule has 0 unspecified atom stereocenters. The monoisotopic (exact) mass is 480 g/mol. The molecule has 2 aromatic carbocycles. The number of nitrogens with one attached hydrogen (secondary N) is 1. The van der Waals surface area contributed by atoms with E-state index in [1.807, 2.05) is 58.9 Å². The minimum Gasteiger partial charge on any atom is -0.267 e.